The van der Waals surface area contributed by atoms with Crippen molar-refractivity contribution in [3.63, 3.8) is 0 Å². The van der Waals surface area contributed by atoms with E-state index in [1.54, 1.807) is 6.92 Å². The van der Waals surface area contributed by atoms with Crippen molar-refractivity contribution in [2.24, 2.45) is 5.41 Å². The van der Waals surface area contributed by atoms with Crippen LogP contribution in [-0.4, -0.2) is 31.3 Å². The number of non-ortho nitro benzene ring substituents is 1. The zero-order valence-corrected chi connectivity index (χ0v) is 17.6. The van der Waals surface area contributed by atoms with Gasteiger partial charge in [0, 0.05) is 29.2 Å². The lowest BCUT2D eigenvalue weighted by Crippen LogP contribution is -2.32. The molecule has 1 saturated carbocycles. The molecule has 0 unspecified atom stereocenters. The predicted molar refractivity (Wildman–Crippen MR) is 110 cm³/mol. The summed E-state index contributed by atoms with van der Waals surface area (Å²) in [6.45, 7) is 8.59. The normalized spacial score (nSPS) is 24.8. The number of aromatic nitrogens is 3. The van der Waals surface area contributed by atoms with E-state index in [0.717, 1.165) is 24.2 Å². The minimum absolute atomic E-state index is 0.0114. The zero-order chi connectivity index (χ0) is 21.0. The number of nitro benzene ring substituents is 1. The third-order valence-electron chi connectivity index (χ3n) is 6.77. The molecule has 2 aliphatic carbocycles. The van der Waals surface area contributed by atoms with Gasteiger partial charge in [0.25, 0.3) is 5.69 Å². The number of carbonyl (C=O) groups is 1. The highest BCUT2D eigenvalue weighted by molar-refractivity contribution is 8.00. The number of hydrogen-bond acceptors (Lipinski definition) is 7. The molecule has 0 radical (unpaired) electrons. The molecule has 2 bridgehead atoms. The summed E-state index contributed by atoms with van der Waals surface area (Å²) in [5, 5.41) is 22.3. The lowest BCUT2D eigenvalue weighted by molar-refractivity contribution is -0.384. The SMILES string of the molecule is C[C@@H](Sc1nnc2c(n1)[C@]1(C)CC[C@H]2C1(C)C)C(=O)Nc1ccc([N+](=O)[O-])cc1. The van der Waals surface area contributed by atoms with E-state index >= 15 is 0 Å². The maximum Gasteiger partial charge on any atom is 0.269 e. The molecule has 1 heterocycles. The van der Waals surface area contributed by atoms with Gasteiger partial charge in [-0.1, -0.05) is 32.5 Å². The van der Waals surface area contributed by atoms with Crippen LogP contribution in [-0.2, 0) is 10.2 Å². The molecule has 1 aromatic carbocycles. The van der Waals surface area contributed by atoms with Crippen LogP contribution in [0, 0.1) is 15.5 Å². The Morgan fingerprint density at radius 3 is 2.62 bits per heavy atom. The molecule has 29 heavy (non-hydrogen) atoms. The molecule has 8 nitrogen and oxygen atoms in total. The van der Waals surface area contributed by atoms with Crippen molar-refractivity contribution in [2.45, 2.75) is 62.3 Å². The van der Waals surface area contributed by atoms with Gasteiger partial charge in [0.1, 0.15) is 0 Å². The number of nitrogens with zero attached hydrogens (tertiary/aromatic N) is 4. The molecule has 0 spiro atoms. The Balaban J connectivity index is 1.46. The first-order valence-corrected chi connectivity index (χ1v) is 10.5. The molecular weight excluding hydrogens is 390 g/mol. The quantitative estimate of drug-likeness (QED) is 0.447. The van der Waals surface area contributed by atoms with Crippen LogP contribution < -0.4 is 5.32 Å². The molecule has 2 aliphatic rings. The van der Waals surface area contributed by atoms with Gasteiger partial charge in [0.2, 0.25) is 11.1 Å². The fraction of sp³-hybridized carbons (Fsp3) is 0.500. The molecule has 3 atom stereocenters. The van der Waals surface area contributed by atoms with Crippen LogP contribution >= 0.6 is 11.8 Å². The van der Waals surface area contributed by atoms with E-state index in [1.165, 1.54) is 36.0 Å². The number of fused-ring (bicyclic) bond motifs is 5. The van der Waals surface area contributed by atoms with Crippen LogP contribution in [0.3, 0.4) is 0 Å². The van der Waals surface area contributed by atoms with Gasteiger partial charge in [-0.25, -0.2) is 4.98 Å². The molecule has 1 N–H and O–H groups in total. The van der Waals surface area contributed by atoms with Crippen molar-refractivity contribution in [3.05, 3.63) is 45.8 Å². The van der Waals surface area contributed by atoms with E-state index in [-0.39, 0.29) is 22.4 Å². The lowest BCUT2D eigenvalue weighted by atomic mass is 9.70. The van der Waals surface area contributed by atoms with Crippen molar-refractivity contribution in [2.75, 3.05) is 5.32 Å². The first kappa shape index (κ1) is 19.8. The number of carbonyl (C=O) groups excluding carboxylic acids is 1. The Morgan fingerprint density at radius 1 is 1.28 bits per heavy atom. The monoisotopic (exact) mass is 413 g/mol. The molecule has 0 aliphatic heterocycles. The number of hydrogen-bond donors (Lipinski definition) is 1. The van der Waals surface area contributed by atoms with Gasteiger partial charge in [-0.2, -0.15) is 5.10 Å². The highest BCUT2D eigenvalue weighted by atomic mass is 32.2. The van der Waals surface area contributed by atoms with Crippen LogP contribution in [0.25, 0.3) is 0 Å². The molecule has 9 heteroatoms. The molecule has 4 rings (SSSR count). The van der Waals surface area contributed by atoms with E-state index in [0.29, 0.717) is 16.8 Å². The fourth-order valence-electron chi connectivity index (χ4n) is 4.53. The van der Waals surface area contributed by atoms with Crippen molar-refractivity contribution < 1.29 is 9.72 Å². The second-order valence-electron chi connectivity index (χ2n) is 8.53. The Bertz CT molecular complexity index is 994. The summed E-state index contributed by atoms with van der Waals surface area (Å²) in [5.74, 6) is 0.172. The van der Waals surface area contributed by atoms with Crippen LogP contribution in [0.15, 0.2) is 29.4 Å². The largest absolute Gasteiger partial charge is 0.325 e. The maximum absolute atomic E-state index is 12.5. The van der Waals surface area contributed by atoms with Crippen molar-refractivity contribution in [1.82, 2.24) is 15.2 Å². The van der Waals surface area contributed by atoms with Gasteiger partial charge in [-0.3, -0.25) is 14.9 Å². The van der Waals surface area contributed by atoms with E-state index < -0.39 is 10.2 Å². The van der Waals surface area contributed by atoms with Gasteiger partial charge < -0.3 is 5.32 Å². The number of benzene rings is 1. The van der Waals surface area contributed by atoms with Gasteiger partial charge in [-0.05, 0) is 37.3 Å². The second kappa shape index (κ2) is 6.76. The Labute approximate surface area is 173 Å². The molecular formula is C20H23N5O3S. The summed E-state index contributed by atoms with van der Waals surface area (Å²) >= 11 is 1.27. The fourth-order valence-corrected chi connectivity index (χ4v) is 5.25. The predicted octanol–water partition coefficient (Wildman–Crippen LogP) is 4.07. The molecule has 1 amide bonds. The van der Waals surface area contributed by atoms with Gasteiger partial charge >= 0.3 is 0 Å². The first-order valence-electron chi connectivity index (χ1n) is 9.60. The summed E-state index contributed by atoms with van der Waals surface area (Å²) in [6, 6.07) is 5.75. The number of nitrogens with one attached hydrogen (secondary N) is 1. The molecule has 1 fully saturated rings. The lowest BCUT2D eigenvalue weighted by Gasteiger charge is -2.34. The number of rotatable bonds is 5. The van der Waals surface area contributed by atoms with E-state index in [1.807, 2.05) is 0 Å². The summed E-state index contributed by atoms with van der Waals surface area (Å²) in [6.07, 6.45) is 2.21. The van der Waals surface area contributed by atoms with Crippen molar-refractivity contribution in [3.8, 4) is 0 Å². The molecule has 0 saturated heterocycles. The number of anilines is 1. The summed E-state index contributed by atoms with van der Waals surface area (Å²) in [7, 11) is 0. The van der Waals surface area contributed by atoms with Crippen molar-refractivity contribution in [1.29, 1.82) is 0 Å². The molecule has 1 aromatic heterocycles. The smallest absolute Gasteiger partial charge is 0.269 e. The van der Waals surface area contributed by atoms with Gasteiger partial charge in [0.15, 0.2) is 0 Å². The van der Waals surface area contributed by atoms with Gasteiger partial charge in [-0.15, -0.1) is 5.10 Å². The second-order valence-corrected chi connectivity index (χ2v) is 9.83. The summed E-state index contributed by atoms with van der Waals surface area (Å²) in [5.41, 5.74) is 2.62. The topological polar surface area (TPSA) is 111 Å². The van der Waals surface area contributed by atoms with Crippen LogP contribution in [0.2, 0.25) is 0 Å². The van der Waals surface area contributed by atoms with Gasteiger partial charge in [0.05, 0.1) is 21.6 Å². The minimum atomic E-state index is -0.475. The summed E-state index contributed by atoms with van der Waals surface area (Å²) < 4.78 is 0. The standard InChI is InChI=1S/C20H23N5O3S/c1-11(17(26)21-12-5-7-13(8-6-12)25(27)28)29-18-22-16-15(23-24-18)14-9-10-20(16,4)19(14,2)3/h5-8,11,14H,9-10H2,1-4H3,(H,21,26)/t11-,14-,20+/m1/s1. The molecule has 152 valence electrons. The highest BCUT2D eigenvalue weighted by Crippen LogP contribution is 2.66. The summed E-state index contributed by atoms with van der Waals surface area (Å²) in [4.78, 5) is 27.6. The Morgan fingerprint density at radius 2 is 1.97 bits per heavy atom. The van der Waals surface area contributed by atoms with Crippen LogP contribution in [0.1, 0.15) is 57.8 Å². The third kappa shape index (κ3) is 3.08. The van der Waals surface area contributed by atoms with E-state index in [4.69, 9.17) is 4.98 Å². The van der Waals surface area contributed by atoms with E-state index in [9.17, 15) is 14.9 Å². The number of thioether (sulfide) groups is 1. The maximum atomic E-state index is 12.5. The van der Waals surface area contributed by atoms with Crippen molar-refractivity contribution >= 4 is 29.0 Å². The third-order valence-corrected chi connectivity index (χ3v) is 7.72. The zero-order valence-electron chi connectivity index (χ0n) is 16.8. The van der Waals surface area contributed by atoms with Crippen LogP contribution in [0.4, 0.5) is 11.4 Å². The average molecular weight is 414 g/mol. The first-order chi connectivity index (χ1) is 13.6. The highest BCUT2D eigenvalue weighted by Gasteiger charge is 2.61. The molecule has 2 aromatic rings. The Kier molecular flexibility index (Phi) is 4.60. The van der Waals surface area contributed by atoms with Crippen LogP contribution in [0.5, 0.6) is 0 Å². The number of nitro groups is 1. The van der Waals surface area contributed by atoms with E-state index in [2.05, 4.69) is 36.3 Å². The average Bonchev–Trinajstić information content (AvgIpc) is 3.01. The Hall–Kier alpha value is -2.55. The number of amides is 1. The minimum Gasteiger partial charge on any atom is -0.325 e.